The normalized spacial score (nSPS) is 22.7. The van der Waals surface area contributed by atoms with Crippen LogP contribution in [0.4, 0.5) is 0 Å². The first-order valence-electron chi connectivity index (χ1n) is 7.65. The van der Waals surface area contributed by atoms with Gasteiger partial charge in [0, 0.05) is 37.6 Å². The van der Waals surface area contributed by atoms with Crippen molar-refractivity contribution in [3.63, 3.8) is 0 Å². The van der Waals surface area contributed by atoms with Crippen LogP contribution in [-0.4, -0.2) is 42.7 Å². The molecule has 3 unspecified atom stereocenters. The smallest absolute Gasteiger partial charge is 0.0506 e. The first-order valence-corrected chi connectivity index (χ1v) is 7.65. The van der Waals surface area contributed by atoms with Crippen molar-refractivity contribution in [3.05, 3.63) is 30.1 Å². The van der Waals surface area contributed by atoms with Crippen molar-refractivity contribution < 1.29 is 4.74 Å². The highest BCUT2D eigenvalue weighted by molar-refractivity contribution is 5.17. The van der Waals surface area contributed by atoms with Crippen molar-refractivity contribution in [2.75, 3.05) is 26.8 Å². The predicted molar refractivity (Wildman–Crippen MR) is 81.4 cm³/mol. The van der Waals surface area contributed by atoms with Crippen LogP contribution in [-0.2, 0) is 4.74 Å². The summed E-state index contributed by atoms with van der Waals surface area (Å²) in [4.78, 5) is 6.50. The van der Waals surface area contributed by atoms with Gasteiger partial charge in [-0.1, -0.05) is 6.92 Å². The average Bonchev–Trinajstić information content (AvgIpc) is 2.49. The number of aromatic nitrogens is 1. The van der Waals surface area contributed by atoms with E-state index in [1.807, 2.05) is 12.4 Å². The Morgan fingerprint density at radius 1 is 1.45 bits per heavy atom. The lowest BCUT2D eigenvalue weighted by molar-refractivity contribution is 0.0338. The second-order valence-corrected chi connectivity index (χ2v) is 5.82. The van der Waals surface area contributed by atoms with Gasteiger partial charge in [0.15, 0.2) is 0 Å². The van der Waals surface area contributed by atoms with E-state index < -0.39 is 0 Å². The van der Waals surface area contributed by atoms with E-state index in [0.717, 1.165) is 26.2 Å². The van der Waals surface area contributed by atoms with Crippen LogP contribution >= 0.6 is 0 Å². The zero-order valence-electron chi connectivity index (χ0n) is 12.7. The molecule has 112 valence electrons. The molecular formula is C16H27N3O. The summed E-state index contributed by atoms with van der Waals surface area (Å²) in [6.45, 7) is 4.99. The van der Waals surface area contributed by atoms with Crippen LogP contribution in [0.15, 0.2) is 24.5 Å². The van der Waals surface area contributed by atoms with Crippen molar-refractivity contribution in [2.24, 2.45) is 11.7 Å². The van der Waals surface area contributed by atoms with Gasteiger partial charge < -0.3 is 10.5 Å². The molecule has 0 aliphatic carbocycles. The average molecular weight is 277 g/mol. The lowest BCUT2D eigenvalue weighted by Crippen LogP contribution is -2.42. The number of likely N-dealkylation sites (N-methyl/N-ethyl adjacent to an activating group) is 1. The van der Waals surface area contributed by atoms with Crippen LogP contribution in [0.1, 0.15) is 37.8 Å². The Hall–Kier alpha value is -0.970. The molecule has 1 aliphatic heterocycles. The van der Waals surface area contributed by atoms with Crippen molar-refractivity contribution >= 4 is 0 Å². The lowest BCUT2D eigenvalue weighted by atomic mass is 9.95. The minimum atomic E-state index is 0.145. The third-order valence-corrected chi connectivity index (χ3v) is 4.20. The Morgan fingerprint density at radius 3 is 2.80 bits per heavy atom. The minimum absolute atomic E-state index is 0.145. The van der Waals surface area contributed by atoms with Crippen molar-refractivity contribution in [1.82, 2.24) is 9.88 Å². The van der Waals surface area contributed by atoms with Gasteiger partial charge in [0.2, 0.25) is 0 Å². The van der Waals surface area contributed by atoms with Gasteiger partial charge in [-0.25, -0.2) is 0 Å². The highest BCUT2D eigenvalue weighted by Crippen LogP contribution is 2.26. The van der Waals surface area contributed by atoms with E-state index in [1.165, 1.54) is 18.4 Å². The summed E-state index contributed by atoms with van der Waals surface area (Å²) >= 11 is 0. The molecule has 1 aliphatic rings. The van der Waals surface area contributed by atoms with Crippen LogP contribution in [0.5, 0.6) is 0 Å². The summed E-state index contributed by atoms with van der Waals surface area (Å²) in [5, 5.41) is 0. The molecule has 0 aromatic carbocycles. The monoisotopic (exact) mass is 277 g/mol. The van der Waals surface area contributed by atoms with Crippen molar-refractivity contribution in [2.45, 2.75) is 38.3 Å². The minimum Gasteiger partial charge on any atom is -0.381 e. The summed E-state index contributed by atoms with van der Waals surface area (Å²) in [7, 11) is 2.18. The maximum Gasteiger partial charge on any atom is 0.0506 e. The molecule has 2 heterocycles. The molecule has 1 aromatic heterocycles. The van der Waals surface area contributed by atoms with E-state index in [0.29, 0.717) is 5.92 Å². The van der Waals surface area contributed by atoms with Crippen LogP contribution in [0.3, 0.4) is 0 Å². The summed E-state index contributed by atoms with van der Waals surface area (Å²) in [5.74, 6) is 0.627. The van der Waals surface area contributed by atoms with Gasteiger partial charge in [-0.15, -0.1) is 0 Å². The van der Waals surface area contributed by atoms with E-state index in [1.54, 1.807) is 0 Å². The Bertz CT molecular complexity index is 379. The van der Waals surface area contributed by atoms with E-state index in [9.17, 15) is 0 Å². The number of hydrogen-bond donors (Lipinski definition) is 1. The molecule has 4 nitrogen and oxygen atoms in total. The molecule has 2 rings (SSSR count). The lowest BCUT2D eigenvalue weighted by Gasteiger charge is -2.36. The fraction of sp³-hybridized carbons (Fsp3) is 0.688. The number of rotatable bonds is 6. The molecule has 20 heavy (non-hydrogen) atoms. The summed E-state index contributed by atoms with van der Waals surface area (Å²) < 4.78 is 5.59. The summed E-state index contributed by atoms with van der Waals surface area (Å²) in [6, 6.07) is 4.55. The third kappa shape index (κ3) is 4.01. The first kappa shape index (κ1) is 15.4. The zero-order valence-corrected chi connectivity index (χ0v) is 12.7. The molecule has 1 saturated heterocycles. The van der Waals surface area contributed by atoms with Crippen LogP contribution in [0.2, 0.25) is 0 Å². The molecular weight excluding hydrogens is 250 g/mol. The van der Waals surface area contributed by atoms with Crippen LogP contribution < -0.4 is 5.73 Å². The Kier molecular flexibility index (Phi) is 5.95. The fourth-order valence-corrected chi connectivity index (χ4v) is 3.08. The van der Waals surface area contributed by atoms with E-state index in [4.69, 9.17) is 10.5 Å². The Morgan fingerprint density at radius 2 is 2.20 bits per heavy atom. The second kappa shape index (κ2) is 7.72. The largest absolute Gasteiger partial charge is 0.381 e. The maximum absolute atomic E-state index is 6.36. The van der Waals surface area contributed by atoms with Crippen molar-refractivity contribution in [1.29, 1.82) is 0 Å². The highest BCUT2D eigenvalue weighted by Gasteiger charge is 2.26. The molecule has 4 heteroatoms. The topological polar surface area (TPSA) is 51.4 Å². The van der Waals surface area contributed by atoms with Crippen LogP contribution in [0, 0.1) is 5.92 Å². The third-order valence-electron chi connectivity index (χ3n) is 4.20. The quantitative estimate of drug-likeness (QED) is 0.866. The van der Waals surface area contributed by atoms with Gasteiger partial charge in [-0.05, 0) is 49.9 Å². The van der Waals surface area contributed by atoms with Crippen LogP contribution in [0.25, 0.3) is 0 Å². The number of pyridine rings is 1. The van der Waals surface area contributed by atoms with Gasteiger partial charge >= 0.3 is 0 Å². The van der Waals surface area contributed by atoms with E-state index >= 15 is 0 Å². The predicted octanol–water partition coefficient (Wildman–Crippen LogP) is 2.22. The standard InChI is InChI=1S/C16H27N3O/c1-3-15(17)16(14-6-8-18-9-7-14)19(2)11-13-5-4-10-20-12-13/h6-9,13,15-16H,3-5,10-12,17H2,1-2H3. The molecule has 1 aromatic rings. The Balaban J connectivity index is 2.05. The Labute approximate surface area is 122 Å². The summed E-state index contributed by atoms with van der Waals surface area (Å²) in [6.07, 6.45) is 7.11. The number of ether oxygens (including phenoxy) is 1. The molecule has 0 radical (unpaired) electrons. The molecule has 0 spiro atoms. The van der Waals surface area contributed by atoms with Gasteiger partial charge in [-0.3, -0.25) is 9.88 Å². The van der Waals surface area contributed by atoms with E-state index in [-0.39, 0.29) is 12.1 Å². The van der Waals surface area contributed by atoms with Gasteiger partial charge in [0.1, 0.15) is 0 Å². The van der Waals surface area contributed by atoms with Crippen molar-refractivity contribution in [3.8, 4) is 0 Å². The second-order valence-electron chi connectivity index (χ2n) is 5.82. The number of nitrogens with two attached hydrogens (primary N) is 1. The van der Waals surface area contributed by atoms with Gasteiger partial charge in [0.25, 0.3) is 0 Å². The maximum atomic E-state index is 6.36. The SMILES string of the molecule is CCC(N)C(c1ccncc1)N(C)CC1CCCOC1. The number of hydrogen-bond acceptors (Lipinski definition) is 4. The molecule has 0 bridgehead atoms. The van der Waals surface area contributed by atoms with E-state index in [2.05, 4.69) is 36.0 Å². The zero-order chi connectivity index (χ0) is 14.4. The molecule has 0 amide bonds. The first-order chi connectivity index (χ1) is 9.72. The summed E-state index contributed by atoms with van der Waals surface area (Å²) in [5.41, 5.74) is 7.62. The molecule has 0 saturated carbocycles. The highest BCUT2D eigenvalue weighted by atomic mass is 16.5. The fourth-order valence-electron chi connectivity index (χ4n) is 3.08. The number of nitrogens with zero attached hydrogens (tertiary/aromatic N) is 2. The van der Waals surface area contributed by atoms with Gasteiger partial charge in [-0.2, -0.15) is 0 Å². The van der Waals surface area contributed by atoms with Gasteiger partial charge in [0.05, 0.1) is 6.61 Å². The molecule has 1 fully saturated rings. The molecule has 3 atom stereocenters. The molecule has 2 N–H and O–H groups in total.